The van der Waals surface area contributed by atoms with E-state index in [1.54, 1.807) is 0 Å². The van der Waals surface area contributed by atoms with Crippen LogP contribution >= 0.6 is 0 Å². The predicted octanol–water partition coefficient (Wildman–Crippen LogP) is 4.49. The minimum Gasteiger partial charge on any atom is -0.492 e. The van der Waals surface area contributed by atoms with E-state index in [4.69, 9.17) is 4.74 Å². The van der Waals surface area contributed by atoms with E-state index < -0.39 is 0 Å². The van der Waals surface area contributed by atoms with Crippen LogP contribution < -0.4 is 10.1 Å². The van der Waals surface area contributed by atoms with Crippen LogP contribution in [0.4, 0.5) is 0 Å². The Morgan fingerprint density at radius 1 is 0.760 bits per heavy atom. The highest BCUT2D eigenvalue weighted by Gasteiger charge is 2.19. The SMILES string of the molecule is c1ccc(-c2cccc(OCCNC3Cc4ccccc4C3)c2)cc1. The molecular weight excluding hydrogens is 306 g/mol. The van der Waals surface area contributed by atoms with Gasteiger partial charge in [0, 0.05) is 12.6 Å². The zero-order valence-corrected chi connectivity index (χ0v) is 14.3. The highest BCUT2D eigenvalue weighted by molar-refractivity contribution is 5.64. The van der Waals surface area contributed by atoms with Gasteiger partial charge in [0.1, 0.15) is 12.4 Å². The molecule has 4 rings (SSSR count). The summed E-state index contributed by atoms with van der Waals surface area (Å²) in [5.41, 5.74) is 5.38. The third kappa shape index (κ3) is 3.92. The molecule has 3 aromatic rings. The maximum atomic E-state index is 5.94. The lowest BCUT2D eigenvalue weighted by atomic mass is 10.1. The Hall–Kier alpha value is -2.58. The molecule has 1 aliphatic carbocycles. The molecule has 0 aromatic heterocycles. The molecule has 0 aliphatic heterocycles. The van der Waals surface area contributed by atoms with Crippen LogP contribution in [0, 0.1) is 0 Å². The van der Waals surface area contributed by atoms with Gasteiger partial charge < -0.3 is 10.1 Å². The van der Waals surface area contributed by atoms with Crippen LogP contribution in [0.25, 0.3) is 11.1 Å². The van der Waals surface area contributed by atoms with Crippen molar-refractivity contribution in [3.63, 3.8) is 0 Å². The van der Waals surface area contributed by atoms with Crippen LogP contribution in [0.2, 0.25) is 0 Å². The molecule has 0 spiro atoms. The lowest BCUT2D eigenvalue weighted by Gasteiger charge is -2.13. The van der Waals surface area contributed by atoms with E-state index in [-0.39, 0.29) is 0 Å². The first-order valence-corrected chi connectivity index (χ1v) is 8.97. The average molecular weight is 329 g/mol. The van der Waals surface area contributed by atoms with Crippen molar-refractivity contribution in [2.75, 3.05) is 13.2 Å². The molecule has 0 unspecified atom stereocenters. The summed E-state index contributed by atoms with van der Waals surface area (Å²) in [6.07, 6.45) is 2.25. The Morgan fingerprint density at radius 2 is 1.44 bits per heavy atom. The van der Waals surface area contributed by atoms with Crippen LogP contribution in [0.5, 0.6) is 5.75 Å². The van der Waals surface area contributed by atoms with Gasteiger partial charge >= 0.3 is 0 Å². The summed E-state index contributed by atoms with van der Waals surface area (Å²) in [6.45, 7) is 1.55. The summed E-state index contributed by atoms with van der Waals surface area (Å²) in [5.74, 6) is 0.929. The average Bonchev–Trinajstić information content (AvgIpc) is 3.09. The Labute approximate surface area is 149 Å². The summed E-state index contributed by atoms with van der Waals surface area (Å²) >= 11 is 0. The smallest absolute Gasteiger partial charge is 0.119 e. The van der Waals surface area contributed by atoms with Gasteiger partial charge in [-0.25, -0.2) is 0 Å². The number of nitrogens with one attached hydrogen (secondary N) is 1. The molecule has 1 aliphatic rings. The van der Waals surface area contributed by atoms with E-state index in [2.05, 4.69) is 72.0 Å². The zero-order chi connectivity index (χ0) is 16.9. The van der Waals surface area contributed by atoms with Crippen LogP contribution in [-0.4, -0.2) is 19.2 Å². The largest absolute Gasteiger partial charge is 0.492 e. The summed E-state index contributed by atoms with van der Waals surface area (Å²) in [4.78, 5) is 0. The molecule has 25 heavy (non-hydrogen) atoms. The Bertz CT molecular complexity index is 803. The van der Waals surface area contributed by atoms with Gasteiger partial charge in [0.15, 0.2) is 0 Å². The molecule has 0 bridgehead atoms. The number of fused-ring (bicyclic) bond motifs is 1. The predicted molar refractivity (Wildman–Crippen MR) is 103 cm³/mol. The van der Waals surface area contributed by atoms with Gasteiger partial charge in [-0.05, 0) is 47.2 Å². The molecule has 0 fully saturated rings. The molecule has 126 valence electrons. The third-order valence-electron chi connectivity index (χ3n) is 4.80. The standard InChI is InChI=1S/C23H23NO/c1-2-7-18(8-3-1)21-11-6-12-23(17-21)25-14-13-24-22-15-19-9-4-5-10-20(19)16-22/h1-12,17,22,24H,13-16H2. The Morgan fingerprint density at radius 3 is 2.20 bits per heavy atom. The van der Waals surface area contributed by atoms with E-state index in [9.17, 15) is 0 Å². The van der Waals surface area contributed by atoms with Crippen molar-refractivity contribution in [2.24, 2.45) is 0 Å². The van der Waals surface area contributed by atoms with Crippen molar-refractivity contribution >= 4 is 0 Å². The maximum Gasteiger partial charge on any atom is 0.119 e. The number of rotatable bonds is 6. The van der Waals surface area contributed by atoms with E-state index >= 15 is 0 Å². The number of benzene rings is 3. The molecule has 2 nitrogen and oxygen atoms in total. The second-order valence-electron chi connectivity index (χ2n) is 6.57. The molecule has 1 N–H and O–H groups in total. The fourth-order valence-corrected chi connectivity index (χ4v) is 3.53. The van der Waals surface area contributed by atoms with Gasteiger partial charge in [0.05, 0.1) is 0 Å². The van der Waals surface area contributed by atoms with E-state index in [1.807, 2.05) is 12.1 Å². The van der Waals surface area contributed by atoms with Crippen LogP contribution in [0.3, 0.4) is 0 Å². The van der Waals surface area contributed by atoms with Crippen molar-refractivity contribution in [1.82, 2.24) is 5.32 Å². The molecule has 0 atom stereocenters. The van der Waals surface area contributed by atoms with Gasteiger partial charge in [-0.1, -0.05) is 66.7 Å². The van der Waals surface area contributed by atoms with Crippen molar-refractivity contribution in [2.45, 2.75) is 18.9 Å². The first-order chi connectivity index (χ1) is 12.4. The summed E-state index contributed by atoms with van der Waals surface area (Å²) in [5, 5.41) is 3.62. The molecule has 0 saturated heterocycles. The van der Waals surface area contributed by atoms with E-state index in [0.717, 1.165) is 25.1 Å². The van der Waals surface area contributed by atoms with Crippen LogP contribution in [0.15, 0.2) is 78.9 Å². The van der Waals surface area contributed by atoms with Gasteiger partial charge in [-0.2, -0.15) is 0 Å². The first-order valence-electron chi connectivity index (χ1n) is 8.97. The molecule has 0 heterocycles. The van der Waals surface area contributed by atoms with Crippen molar-refractivity contribution in [1.29, 1.82) is 0 Å². The minimum atomic E-state index is 0.539. The summed E-state index contributed by atoms with van der Waals surface area (Å²) in [7, 11) is 0. The third-order valence-corrected chi connectivity index (χ3v) is 4.80. The van der Waals surface area contributed by atoms with Crippen molar-refractivity contribution in [3.8, 4) is 16.9 Å². The summed E-state index contributed by atoms with van der Waals surface area (Å²) < 4.78 is 5.94. The minimum absolute atomic E-state index is 0.539. The molecule has 0 saturated carbocycles. The number of hydrogen-bond acceptors (Lipinski definition) is 2. The lowest BCUT2D eigenvalue weighted by molar-refractivity contribution is 0.306. The van der Waals surface area contributed by atoms with Gasteiger partial charge in [0.25, 0.3) is 0 Å². The first kappa shape index (κ1) is 15.9. The number of ether oxygens (including phenoxy) is 1. The van der Waals surface area contributed by atoms with Gasteiger partial charge in [0.2, 0.25) is 0 Å². The Balaban J connectivity index is 1.27. The maximum absolute atomic E-state index is 5.94. The van der Waals surface area contributed by atoms with Gasteiger partial charge in [-0.15, -0.1) is 0 Å². The zero-order valence-electron chi connectivity index (χ0n) is 14.3. The Kier molecular flexibility index (Phi) is 4.80. The van der Waals surface area contributed by atoms with Crippen molar-refractivity contribution < 1.29 is 4.74 Å². The molecule has 3 aromatic carbocycles. The summed E-state index contributed by atoms with van der Waals surface area (Å²) in [6, 6.07) is 28.0. The quantitative estimate of drug-likeness (QED) is 0.673. The van der Waals surface area contributed by atoms with Crippen molar-refractivity contribution in [3.05, 3.63) is 90.0 Å². The van der Waals surface area contributed by atoms with Gasteiger partial charge in [-0.3, -0.25) is 0 Å². The fourth-order valence-electron chi connectivity index (χ4n) is 3.53. The molecule has 0 amide bonds. The van der Waals surface area contributed by atoms with E-state index in [1.165, 1.54) is 22.3 Å². The fraction of sp³-hybridized carbons (Fsp3) is 0.217. The number of hydrogen-bond donors (Lipinski definition) is 1. The monoisotopic (exact) mass is 329 g/mol. The topological polar surface area (TPSA) is 21.3 Å². The second-order valence-corrected chi connectivity index (χ2v) is 6.57. The normalized spacial score (nSPS) is 13.6. The van der Waals surface area contributed by atoms with Crippen LogP contribution in [-0.2, 0) is 12.8 Å². The molecule has 2 heteroatoms. The molecular formula is C23H23NO. The van der Waals surface area contributed by atoms with E-state index in [0.29, 0.717) is 12.6 Å². The highest BCUT2D eigenvalue weighted by atomic mass is 16.5. The van der Waals surface area contributed by atoms with Crippen LogP contribution in [0.1, 0.15) is 11.1 Å². The lowest BCUT2D eigenvalue weighted by Crippen LogP contribution is -2.33. The molecule has 0 radical (unpaired) electrons. The highest BCUT2D eigenvalue weighted by Crippen LogP contribution is 2.24. The second kappa shape index (κ2) is 7.54.